The number of aryl methyl sites for hydroxylation is 1. The average molecular weight is 363 g/mol. The van der Waals surface area contributed by atoms with Gasteiger partial charge in [0.2, 0.25) is 0 Å². The molecule has 0 unspecified atom stereocenters. The Morgan fingerprint density at radius 1 is 0.778 bits per heavy atom. The van der Waals surface area contributed by atoms with Gasteiger partial charge < -0.3 is 14.5 Å². The highest BCUT2D eigenvalue weighted by Crippen LogP contribution is 2.21. The minimum Gasteiger partial charge on any atom is -0.457 e. The van der Waals surface area contributed by atoms with E-state index in [1.54, 1.807) is 13.8 Å². The van der Waals surface area contributed by atoms with Gasteiger partial charge >= 0.3 is 11.9 Å². The van der Waals surface area contributed by atoms with Gasteiger partial charge in [-0.1, -0.05) is 60.7 Å². The van der Waals surface area contributed by atoms with E-state index in [0.29, 0.717) is 16.8 Å². The van der Waals surface area contributed by atoms with E-state index >= 15 is 0 Å². The lowest BCUT2D eigenvalue weighted by Gasteiger charge is -2.06. The average Bonchev–Trinajstić information content (AvgIpc) is 3.00. The van der Waals surface area contributed by atoms with Crippen molar-refractivity contribution in [3.05, 3.63) is 94.3 Å². The lowest BCUT2D eigenvalue weighted by Crippen LogP contribution is -2.09. The largest absolute Gasteiger partial charge is 0.457 e. The number of esters is 2. The number of aromatic nitrogens is 1. The standard InChI is InChI=1S/C22H21NO4/c1-15-19(21(24)26-13-17-9-5-3-6-10-17)16(2)23-20(15)22(25)27-14-18-11-7-4-8-12-18/h3-12,23H,13-14H2,1-2H3. The minimum atomic E-state index is -0.499. The summed E-state index contributed by atoms with van der Waals surface area (Å²) in [5.41, 5.74) is 3.56. The topological polar surface area (TPSA) is 68.4 Å². The Kier molecular flexibility index (Phi) is 5.71. The van der Waals surface area contributed by atoms with Crippen LogP contribution in [0.5, 0.6) is 0 Å². The quantitative estimate of drug-likeness (QED) is 0.661. The molecule has 3 aromatic rings. The number of carbonyl (C=O) groups is 2. The van der Waals surface area contributed by atoms with Crippen LogP contribution < -0.4 is 0 Å². The second-order valence-corrected chi connectivity index (χ2v) is 6.25. The first-order valence-electron chi connectivity index (χ1n) is 8.67. The summed E-state index contributed by atoms with van der Waals surface area (Å²) in [6.45, 7) is 3.80. The fraction of sp³-hybridized carbons (Fsp3) is 0.182. The minimum absolute atomic E-state index is 0.172. The van der Waals surface area contributed by atoms with Gasteiger partial charge in [-0.15, -0.1) is 0 Å². The van der Waals surface area contributed by atoms with Crippen LogP contribution in [0.2, 0.25) is 0 Å². The Balaban J connectivity index is 1.68. The molecule has 0 atom stereocenters. The molecular weight excluding hydrogens is 342 g/mol. The van der Waals surface area contributed by atoms with Gasteiger partial charge in [0.05, 0.1) is 5.56 Å². The predicted octanol–water partition coefficient (Wildman–Crippen LogP) is 4.35. The van der Waals surface area contributed by atoms with E-state index in [0.717, 1.165) is 11.1 Å². The fourth-order valence-electron chi connectivity index (χ4n) is 2.85. The van der Waals surface area contributed by atoms with Gasteiger partial charge in [0.25, 0.3) is 0 Å². The Labute approximate surface area is 157 Å². The summed E-state index contributed by atoms with van der Waals surface area (Å²) < 4.78 is 10.7. The number of benzene rings is 2. The number of hydrogen-bond donors (Lipinski definition) is 1. The summed E-state index contributed by atoms with van der Waals surface area (Å²) in [5.74, 6) is -0.964. The van der Waals surface area contributed by atoms with Gasteiger partial charge in [0.15, 0.2) is 0 Å². The van der Waals surface area contributed by atoms with Crippen molar-refractivity contribution >= 4 is 11.9 Å². The Bertz CT molecular complexity index is 930. The van der Waals surface area contributed by atoms with Crippen LogP contribution in [-0.4, -0.2) is 16.9 Å². The van der Waals surface area contributed by atoms with E-state index in [2.05, 4.69) is 4.98 Å². The molecule has 1 aromatic heterocycles. The van der Waals surface area contributed by atoms with E-state index in [1.807, 2.05) is 60.7 Å². The molecule has 0 amide bonds. The summed E-state index contributed by atoms with van der Waals surface area (Å²) in [6.07, 6.45) is 0. The van der Waals surface area contributed by atoms with Crippen molar-refractivity contribution in [3.63, 3.8) is 0 Å². The zero-order chi connectivity index (χ0) is 19.2. The third-order valence-electron chi connectivity index (χ3n) is 4.27. The van der Waals surface area contributed by atoms with Gasteiger partial charge in [0, 0.05) is 5.69 Å². The Hall–Kier alpha value is -3.34. The summed E-state index contributed by atoms with van der Waals surface area (Å²) in [4.78, 5) is 27.8. The number of aromatic amines is 1. The second-order valence-electron chi connectivity index (χ2n) is 6.25. The van der Waals surface area contributed by atoms with Gasteiger partial charge in [-0.25, -0.2) is 9.59 Å². The summed E-state index contributed by atoms with van der Waals surface area (Å²) in [6, 6.07) is 18.9. The fourth-order valence-corrected chi connectivity index (χ4v) is 2.85. The van der Waals surface area contributed by atoms with E-state index in [4.69, 9.17) is 9.47 Å². The zero-order valence-corrected chi connectivity index (χ0v) is 15.3. The number of nitrogens with one attached hydrogen (secondary N) is 1. The van der Waals surface area contributed by atoms with Crippen LogP contribution in [0.15, 0.2) is 60.7 Å². The maximum Gasteiger partial charge on any atom is 0.355 e. The Morgan fingerprint density at radius 2 is 1.26 bits per heavy atom. The second kappa shape index (κ2) is 8.36. The van der Waals surface area contributed by atoms with Crippen molar-refractivity contribution in [2.75, 3.05) is 0 Å². The van der Waals surface area contributed by atoms with E-state index < -0.39 is 11.9 Å². The van der Waals surface area contributed by atoms with Crippen LogP contribution in [0.3, 0.4) is 0 Å². The van der Waals surface area contributed by atoms with Gasteiger partial charge in [-0.05, 0) is 30.5 Å². The highest BCUT2D eigenvalue weighted by atomic mass is 16.5. The molecule has 0 radical (unpaired) electrons. The maximum absolute atomic E-state index is 12.5. The number of hydrogen-bond acceptors (Lipinski definition) is 4. The van der Waals surface area contributed by atoms with Crippen LogP contribution in [-0.2, 0) is 22.7 Å². The van der Waals surface area contributed by atoms with Crippen molar-refractivity contribution in [1.29, 1.82) is 0 Å². The number of rotatable bonds is 6. The van der Waals surface area contributed by atoms with E-state index in [1.165, 1.54) is 0 Å². The molecule has 5 nitrogen and oxygen atoms in total. The molecule has 0 aliphatic heterocycles. The first-order chi connectivity index (χ1) is 13.1. The molecule has 1 N–H and O–H groups in total. The van der Waals surface area contributed by atoms with Crippen LogP contribution >= 0.6 is 0 Å². The van der Waals surface area contributed by atoms with E-state index in [9.17, 15) is 9.59 Å². The molecule has 0 saturated heterocycles. The third kappa shape index (κ3) is 4.44. The first-order valence-corrected chi connectivity index (χ1v) is 8.67. The molecule has 5 heteroatoms. The molecular formula is C22H21NO4. The molecule has 27 heavy (non-hydrogen) atoms. The summed E-state index contributed by atoms with van der Waals surface area (Å²) in [5, 5.41) is 0. The molecule has 0 aliphatic carbocycles. The molecule has 0 saturated carbocycles. The van der Waals surface area contributed by atoms with Crippen molar-refractivity contribution in [2.24, 2.45) is 0 Å². The third-order valence-corrected chi connectivity index (χ3v) is 4.27. The molecule has 3 rings (SSSR count). The SMILES string of the molecule is Cc1[nH]c(C(=O)OCc2ccccc2)c(C)c1C(=O)OCc1ccccc1. The molecule has 0 fully saturated rings. The zero-order valence-electron chi connectivity index (χ0n) is 15.3. The summed E-state index contributed by atoms with van der Waals surface area (Å²) in [7, 11) is 0. The summed E-state index contributed by atoms with van der Waals surface area (Å²) >= 11 is 0. The molecule has 0 spiro atoms. The van der Waals surface area contributed by atoms with Crippen LogP contribution in [0, 0.1) is 13.8 Å². The molecule has 1 heterocycles. The highest BCUT2D eigenvalue weighted by molar-refractivity contribution is 5.98. The lowest BCUT2D eigenvalue weighted by molar-refractivity contribution is 0.0465. The Morgan fingerprint density at radius 3 is 1.78 bits per heavy atom. The number of ether oxygens (including phenoxy) is 2. The predicted molar refractivity (Wildman–Crippen MR) is 101 cm³/mol. The normalized spacial score (nSPS) is 10.4. The van der Waals surface area contributed by atoms with E-state index in [-0.39, 0.29) is 18.9 Å². The molecule has 0 bridgehead atoms. The lowest BCUT2D eigenvalue weighted by atomic mass is 10.1. The highest BCUT2D eigenvalue weighted by Gasteiger charge is 2.24. The smallest absolute Gasteiger partial charge is 0.355 e. The van der Waals surface area contributed by atoms with Gasteiger partial charge in [-0.3, -0.25) is 0 Å². The number of carbonyl (C=O) groups excluding carboxylic acids is 2. The molecule has 138 valence electrons. The van der Waals surface area contributed by atoms with Crippen molar-refractivity contribution in [3.8, 4) is 0 Å². The first kappa shape index (κ1) is 18.5. The van der Waals surface area contributed by atoms with Gasteiger partial charge in [-0.2, -0.15) is 0 Å². The van der Waals surface area contributed by atoms with Crippen molar-refractivity contribution in [2.45, 2.75) is 27.1 Å². The maximum atomic E-state index is 12.5. The monoisotopic (exact) mass is 363 g/mol. The van der Waals surface area contributed by atoms with Crippen molar-refractivity contribution < 1.29 is 19.1 Å². The van der Waals surface area contributed by atoms with Crippen LogP contribution in [0.25, 0.3) is 0 Å². The van der Waals surface area contributed by atoms with Gasteiger partial charge in [0.1, 0.15) is 18.9 Å². The number of H-pyrrole nitrogens is 1. The van der Waals surface area contributed by atoms with Crippen LogP contribution in [0.1, 0.15) is 43.2 Å². The van der Waals surface area contributed by atoms with Crippen molar-refractivity contribution in [1.82, 2.24) is 4.98 Å². The molecule has 2 aromatic carbocycles. The molecule has 0 aliphatic rings. The van der Waals surface area contributed by atoms with Crippen LogP contribution in [0.4, 0.5) is 0 Å².